The van der Waals surface area contributed by atoms with Crippen LogP contribution in [0.15, 0.2) is 0 Å². The molecule has 2 aliphatic rings. The summed E-state index contributed by atoms with van der Waals surface area (Å²) in [5, 5.41) is 77.4. The molecule has 8 N–H and O–H groups in total. The predicted molar refractivity (Wildman–Crippen MR) is 73.5 cm³/mol. The van der Waals surface area contributed by atoms with Gasteiger partial charge in [-0.05, 0) is 0 Å². The van der Waals surface area contributed by atoms with Crippen LogP contribution in [0, 0.1) is 0 Å². The fourth-order valence-electron chi connectivity index (χ4n) is 2.76. The Morgan fingerprint density at radius 3 is 2.12 bits per heavy atom. The zero-order chi connectivity index (χ0) is 18.1. The van der Waals surface area contributed by atoms with Gasteiger partial charge in [-0.1, -0.05) is 0 Å². The number of aliphatic hydroxyl groups is 8. The van der Waals surface area contributed by atoms with Crippen LogP contribution in [0.5, 0.6) is 0 Å². The maximum Gasteiger partial charge on any atom is 0.184 e. The Hall–Kier alpha value is -0.440. The Bertz CT molecular complexity index is 407. The van der Waals surface area contributed by atoms with E-state index in [0.717, 1.165) is 0 Å². The van der Waals surface area contributed by atoms with Gasteiger partial charge in [0, 0.05) is 0 Å². The maximum atomic E-state index is 10.4. The van der Waals surface area contributed by atoms with Gasteiger partial charge in [0.05, 0.1) is 26.4 Å². The third kappa shape index (κ3) is 3.71. The highest BCUT2D eigenvalue weighted by Crippen LogP contribution is 2.28. The normalized spacial score (nSPS) is 50.0. The molecule has 6 unspecified atom stereocenters. The highest BCUT2D eigenvalue weighted by molar-refractivity contribution is 4.99. The Morgan fingerprint density at radius 1 is 0.917 bits per heavy atom. The molecular weight excluding hydrogens is 332 g/mol. The van der Waals surface area contributed by atoms with E-state index < -0.39 is 81.0 Å². The molecule has 0 amide bonds. The van der Waals surface area contributed by atoms with E-state index in [1.165, 1.54) is 0 Å². The topological polar surface area (TPSA) is 190 Å². The standard InChI is InChI=1S/C13H24O11/c14-1-5-7(16)11(19)13(21,3-22-5)4-23-10-6(2-15)24-12(20)9(18)8(10)17/h5-12,14-21H,1-4H2/t5?,6?,7-,8?,9?,10-,11?,12-,13?/m0/s1. The summed E-state index contributed by atoms with van der Waals surface area (Å²) in [7, 11) is 0. The van der Waals surface area contributed by atoms with Gasteiger partial charge in [-0.3, -0.25) is 0 Å². The van der Waals surface area contributed by atoms with Crippen molar-refractivity contribution in [3.63, 3.8) is 0 Å². The van der Waals surface area contributed by atoms with Crippen LogP contribution in [0.2, 0.25) is 0 Å². The van der Waals surface area contributed by atoms with Crippen LogP contribution in [-0.2, 0) is 14.2 Å². The van der Waals surface area contributed by atoms with Gasteiger partial charge in [0.1, 0.15) is 48.3 Å². The number of hydrogen-bond acceptors (Lipinski definition) is 11. The lowest BCUT2D eigenvalue weighted by molar-refractivity contribution is -0.309. The zero-order valence-electron chi connectivity index (χ0n) is 12.7. The molecule has 11 nitrogen and oxygen atoms in total. The van der Waals surface area contributed by atoms with Crippen LogP contribution in [-0.4, -0.2) is 122 Å². The largest absolute Gasteiger partial charge is 0.394 e. The molecule has 0 spiro atoms. The second-order valence-corrected chi connectivity index (χ2v) is 6.08. The van der Waals surface area contributed by atoms with Gasteiger partial charge in [0.25, 0.3) is 0 Å². The van der Waals surface area contributed by atoms with Gasteiger partial charge in [0.15, 0.2) is 6.29 Å². The summed E-state index contributed by atoms with van der Waals surface area (Å²) in [5.41, 5.74) is -2.05. The van der Waals surface area contributed by atoms with Crippen LogP contribution in [0.1, 0.15) is 0 Å². The molecule has 24 heavy (non-hydrogen) atoms. The predicted octanol–water partition coefficient (Wildman–Crippen LogP) is -5.35. The van der Waals surface area contributed by atoms with Gasteiger partial charge >= 0.3 is 0 Å². The molecule has 2 aliphatic heterocycles. The Balaban J connectivity index is 2.02. The number of rotatable bonds is 5. The highest BCUT2D eigenvalue weighted by atomic mass is 16.7. The molecule has 0 aromatic rings. The third-order valence-electron chi connectivity index (χ3n) is 4.35. The third-order valence-corrected chi connectivity index (χ3v) is 4.35. The van der Waals surface area contributed by atoms with E-state index in [2.05, 4.69) is 0 Å². The van der Waals surface area contributed by atoms with Crippen LogP contribution in [0.25, 0.3) is 0 Å². The van der Waals surface area contributed by atoms with Crippen molar-refractivity contribution < 1.29 is 55.1 Å². The minimum absolute atomic E-state index is 0.463. The van der Waals surface area contributed by atoms with Crippen molar-refractivity contribution in [2.45, 2.75) is 54.6 Å². The molecule has 2 rings (SSSR count). The Labute approximate surface area is 137 Å². The van der Waals surface area contributed by atoms with Crippen LogP contribution < -0.4 is 0 Å². The molecule has 0 saturated carbocycles. The minimum Gasteiger partial charge on any atom is -0.394 e. The summed E-state index contributed by atoms with van der Waals surface area (Å²) >= 11 is 0. The van der Waals surface area contributed by atoms with E-state index in [4.69, 9.17) is 19.3 Å². The van der Waals surface area contributed by atoms with Crippen molar-refractivity contribution >= 4 is 0 Å². The van der Waals surface area contributed by atoms with Crippen molar-refractivity contribution in [3.8, 4) is 0 Å². The van der Waals surface area contributed by atoms with E-state index in [1.54, 1.807) is 0 Å². The molecule has 2 saturated heterocycles. The zero-order valence-corrected chi connectivity index (χ0v) is 12.7. The Morgan fingerprint density at radius 2 is 1.54 bits per heavy atom. The van der Waals surface area contributed by atoms with Crippen molar-refractivity contribution in [1.29, 1.82) is 0 Å². The van der Waals surface area contributed by atoms with E-state index in [9.17, 15) is 35.7 Å². The molecule has 0 bridgehead atoms. The fraction of sp³-hybridized carbons (Fsp3) is 1.00. The van der Waals surface area contributed by atoms with Crippen LogP contribution in [0.3, 0.4) is 0 Å². The summed E-state index contributed by atoms with van der Waals surface area (Å²) in [5.74, 6) is 0. The van der Waals surface area contributed by atoms with Crippen molar-refractivity contribution in [2.75, 3.05) is 26.4 Å². The SMILES string of the molecule is OCC1OCC(O)(CO[C@H]2C(CO)O[C@H](O)C(O)C2O)C(O)[C@H]1O. The molecule has 0 aromatic carbocycles. The summed E-state index contributed by atoms with van der Waals surface area (Å²) < 4.78 is 15.2. The monoisotopic (exact) mass is 356 g/mol. The molecule has 142 valence electrons. The number of hydrogen-bond donors (Lipinski definition) is 8. The van der Waals surface area contributed by atoms with E-state index >= 15 is 0 Å². The first-order valence-electron chi connectivity index (χ1n) is 7.48. The number of ether oxygens (including phenoxy) is 3. The van der Waals surface area contributed by atoms with Gasteiger partial charge in [-0.15, -0.1) is 0 Å². The summed E-state index contributed by atoms with van der Waals surface area (Å²) in [6, 6.07) is 0. The van der Waals surface area contributed by atoms with E-state index in [1.807, 2.05) is 0 Å². The average molecular weight is 356 g/mol. The van der Waals surface area contributed by atoms with E-state index in [0.29, 0.717) is 0 Å². The molecule has 9 atom stereocenters. The molecule has 0 radical (unpaired) electrons. The van der Waals surface area contributed by atoms with Crippen LogP contribution in [0.4, 0.5) is 0 Å². The fourth-order valence-corrected chi connectivity index (χ4v) is 2.76. The Kier molecular flexibility index (Phi) is 6.50. The van der Waals surface area contributed by atoms with Crippen molar-refractivity contribution in [2.24, 2.45) is 0 Å². The highest BCUT2D eigenvalue weighted by Gasteiger charge is 2.51. The van der Waals surface area contributed by atoms with Gasteiger partial charge in [-0.2, -0.15) is 0 Å². The quantitative estimate of drug-likeness (QED) is 0.235. The molecule has 0 aliphatic carbocycles. The number of aliphatic hydroxyl groups excluding tert-OH is 7. The second kappa shape index (κ2) is 7.85. The first-order valence-corrected chi connectivity index (χ1v) is 7.48. The summed E-state index contributed by atoms with van der Waals surface area (Å²) in [6.07, 6.45) is -11.8. The van der Waals surface area contributed by atoms with Gasteiger partial charge in [-0.25, -0.2) is 0 Å². The first kappa shape index (κ1) is 19.9. The van der Waals surface area contributed by atoms with Gasteiger partial charge < -0.3 is 55.1 Å². The summed E-state index contributed by atoms with van der Waals surface area (Å²) in [4.78, 5) is 0. The lowest BCUT2D eigenvalue weighted by Crippen LogP contribution is -2.65. The molecule has 11 heteroatoms. The van der Waals surface area contributed by atoms with Crippen LogP contribution >= 0.6 is 0 Å². The lowest BCUT2D eigenvalue weighted by atomic mass is 9.88. The van der Waals surface area contributed by atoms with Crippen molar-refractivity contribution in [3.05, 3.63) is 0 Å². The summed E-state index contributed by atoms with van der Waals surface area (Å²) in [6.45, 7) is -2.29. The van der Waals surface area contributed by atoms with E-state index in [-0.39, 0.29) is 0 Å². The average Bonchev–Trinajstić information content (AvgIpc) is 2.57. The molecule has 2 fully saturated rings. The molecule has 2 heterocycles. The molecular formula is C13H24O11. The second-order valence-electron chi connectivity index (χ2n) is 6.08. The minimum atomic E-state index is -2.05. The van der Waals surface area contributed by atoms with Gasteiger partial charge in [0.2, 0.25) is 0 Å². The smallest absolute Gasteiger partial charge is 0.184 e. The molecule has 0 aromatic heterocycles. The van der Waals surface area contributed by atoms with Crippen molar-refractivity contribution in [1.82, 2.24) is 0 Å². The first-order chi connectivity index (χ1) is 11.2. The lowest BCUT2D eigenvalue weighted by Gasteiger charge is -2.45. The maximum absolute atomic E-state index is 10.4.